The molecule has 0 aromatic heterocycles. The van der Waals surface area contributed by atoms with Gasteiger partial charge in [-0.15, -0.1) is 0 Å². The van der Waals surface area contributed by atoms with Gasteiger partial charge in [-0.3, -0.25) is 9.59 Å². The molecule has 32 heavy (non-hydrogen) atoms. The van der Waals surface area contributed by atoms with Crippen molar-refractivity contribution in [3.63, 3.8) is 0 Å². The van der Waals surface area contributed by atoms with E-state index in [1.54, 1.807) is 6.08 Å². The molecule has 1 unspecified atom stereocenters. The summed E-state index contributed by atoms with van der Waals surface area (Å²) in [4.78, 5) is 25.0. The zero-order chi connectivity index (χ0) is 23.3. The topological polar surface area (TPSA) is 34.1 Å². The molecule has 0 aliphatic heterocycles. The van der Waals surface area contributed by atoms with Gasteiger partial charge in [-0.1, -0.05) is 136 Å². The first-order valence-corrected chi connectivity index (χ1v) is 14.5. The van der Waals surface area contributed by atoms with E-state index in [9.17, 15) is 9.59 Å². The van der Waals surface area contributed by atoms with E-state index < -0.39 is 0 Å². The molecule has 2 heteroatoms. The van der Waals surface area contributed by atoms with Crippen molar-refractivity contribution in [1.82, 2.24) is 0 Å². The van der Waals surface area contributed by atoms with Crippen molar-refractivity contribution in [3.05, 3.63) is 11.6 Å². The van der Waals surface area contributed by atoms with Crippen LogP contribution < -0.4 is 0 Å². The minimum absolute atomic E-state index is 0.0281. The summed E-state index contributed by atoms with van der Waals surface area (Å²) in [5, 5.41) is 0. The molecule has 0 N–H and O–H groups in total. The summed E-state index contributed by atoms with van der Waals surface area (Å²) >= 11 is 0. The zero-order valence-electron chi connectivity index (χ0n) is 21.7. The highest BCUT2D eigenvalue weighted by atomic mass is 16.1. The second-order valence-corrected chi connectivity index (χ2v) is 10.3. The molecule has 1 rings (SSSR count). The lowest BCUT2D eigenvalue weighted by molar-refractivity contribution is -0.125. The molecule has 186 valence electrons. The Kier molecular flexibility index (Phi) is 18.8. The molecule has 2 nitrogen and oxygen atoms in total. The molecule has 0 bridgehead atoms. The number of ketones is 2. The molecule has 0 heterocycles. The summed E-state index contributed by atoms with van der Waals surface area (Å²) in [5.41, 5.74) is 0.831. The maximum Gasteiger partial charge on any atom is 0.162 e. The maximum absolute atomic E-state index is 12.8. The van der Waals surface area contributed by atoms with Gasteiger partial charge in [0.1, 0.15) is 0 Å². The number of rotatable bonds is 22. The highest BCUT2D eigenvalue weighted by Crippen LogP contribution is 2.27. The van der Waals surface area contributed by atoms with Gasteiger partial charge in [-0.25, -0.2) is 0 Å². The normalized spacial score (nSPS) is 16.6. The number of hydrogen-bond donors (Lipinski definition) is 0. The Morgan fingerprint density at radius 3 is 1.47 bits per heavy atom. The van der Waals surface area contributed by atoms with Crippen LogP contribution in [0.3, 0.4) is 0 Å². The van der Waals surface area contributed by atoms with Crippen molar-refractivity contribution < 1.29 is 9.59 Å². The van der Waals surface area contributed by atoms with E-state index >= 15 is 0 Å². The van der Waals surface area contributed by atoms with Crippen LogP contribution in [0.4, 0.5) is 0 Å². The maximum atomic E-state index is 12.8. The lowest BCUT2D eigenvalue weighted by Gasteiger charge is -2.21. The van der Waals surface area contributed by atoms with Gasteiger partial charge in [0.2, 0.25) is 0 Å². The Hall–Kier alpha value is -0.920. The monoisotopic (exact) mass is 446 g/mol. The Morgan fingerprint density at radius 1 is 0.594 bits per heavy atom. The third-order valence-electron chi connectivity index (χ3n) is 7.18. The van der Waals surface area contributed by atoms with Crippen LogP contribution in [0, 0.1) is 5.92 Å². The van der Waals surface area contributed by atoms with E-state index in [0.717, 1.165) is 31.3 Å². The second kappa shape index (κ2) is 20.7. The largest absolute Gasteiger partial charge is 0.295 e. The Balaban J connectivity index is 2.07. The first-order chi connectivity index (χ1) is 15.7. The van der Waals surface area contributed by atoms with Crippen LogP contribution in [0.15, 0.2) is 11.6 Å². The van der Waals surface area contributed by atoms with Crippen molar-refractivity contribution in [3.8, 4) is 0 Å². The minimum atomic E-state index is -0.0281. The van der Waals surface area contributed by atoms with Crippen LogP contribution in [0.2, 0.25) is 0 Å². The average Bonchev–Trinajstić information content (AvgIpc) is 2.78. The number of allylic oxidation sites excluding steroid dienone is 2. The predicted molar refractivity (Wildman–Crippen MR) is 139 cm³/mol. The Bertz CT molecular complexity index is 505. The fraction of sp³-hybridized carbons (Fsp3) is 0.867. The molecule has 0 aromatic carbocycles. The number of unbranched alkanes of at least 4 members (excludes halogenated alkanes) is 18. The summed E-state index contributed by atoms with van der Waals surface area (Å²) in [6, 6.07) is 0. The molecular weight excluding hydrogens is 392 g/mol. The fourth-order valence-electron chi connectivity index (χ4n) is 5.03. The van der Waals surface area contributed by atoms with Gasteiger partial charge in [0.05, 0.1) is 0 Å². The highest BCUT2D eigenvalue weighted by Gasteiger charge is 2.28. The van der Waals surface area contributed by atoms with Gasteiger partial charge < -0.3 is 0 Å². The van der Waals surface area contributed by atoms with Crippen LogP contribution in [0.5, 0.6) is 0 Å². The van der Waals surface area contributed by atoms with Crippen molar-refractivity contribution in [2.24, 2.45) is 5.92 Å². The minimum Gasteiger partial charge on any atom is -0.295 e. The average molecular weight is 447 g/mol. The van der Waals surface area contributed by atoms with Crippen molar-refractivity contribution in [2.75, 3.05) is 0 Å². The van der Waals surface area contributed by atoms with Crippen molar-refractivity contribution in [1.29, 1.82) is 0 Å². The van der Waals surface area contributed by atoms with Gasteiger partial charge in [-0.05, 0) is 30.9 Å². The van der Waals surface area contributed by atoms with Crippen LogP contribution in [0.25, 0.3) is 0 Å². The lowest BCUT2D eigenvalue weighted by atomic mass is 9.81. The summed E-state index contributed by atoms with van der Waals surface area (Å²) in [6.45, 7) is 4.53. The van der Waals surface area contributed by atoms with Gasteiger partial charge >= 0.3 is 0 Å². The molecule has 0 aromatic rings. The van der Waals surface area contributed by atoms with Crippen LogP contribution in [-0.4, -0.2) is 11.6 Å². The molecule has 0 radical (unpaired) electrons. The van der Waals surface area contributed by atoms with Gasteiger partial charge in [-0.2, -0.15) is 0 Å². The van der Waals surface area contributed by atoms with Gasteiger partial charge in [0, 0.05) is 12.3 Å². The third kappa shape index (κ3) is 15.0. The van der Waals surface area contributed by atoms with Crippen LogP contribution in [-0.2, 0) is 9.59 Å². The summed E-state index contributed by atoms with van der Waals surface area (Å²) in [7, 11) is 0. The summed E-state index contributed by atoms with van der Waals surface area (Å²) < 4.78 is 0. The van der Waals surface area contributed by atoms with Crippen LogP contribution in [0.1, 0.15) is 162 Å². The van der Waals surface area contributed by atoms with Crippen LogP contribution >= 0.6 is 0 Å². The lowest BCUT2D eigenvalue weighted by Crippen LogP contribution is -2.25. The fourth-order valence-corrected chi connectivity index (χ4v) is 5.03. The first-order valence-electron chi connectivity index (χ1n) is 14.5. The third-order valence-corrected chi connectivity index (χ3v) is 7.18. The Morgan fingerprint density at radius 2 is 1.00 bits per heavy atom. The predicted octanol–water partition coefficient (Wildman–Crippen LogP) is 9.69. The van der Waals surface area contributed by atoms with Crippen molar-refractivity contribution >= 4 is 11.6 Å². The number of carbonyl (C=O) groups excluding carboxylic acids is 2. The van der Waals surface area contributed by atoms with E-state index in [1.165, 1.54) is 116 Å². The first kappa shape index (κ1) is 29.1. The zero-order valence-corrected chi connectivity index (χ0v) is 21.7. The highest BCUT2D eigenvalue weighted by molar-refractivity contribution is 6.09. The van der Waals surface area contributed by atoms with E-state index in [4.69, 9.17) is 0 Å². The SMILES string of the molecule is CCCCCCCCCCCCC1=CC(=O)CC(CCCCCCCCCCCC)C1=O. The Labute approximate surface area is 200 Å². The molecule has 0 saturated carbocycles. The van der Waals surface area contributed by atoms with Gasteiger partial charge in [0.15, 0.2) is 11.6 Å². The van der Waals surface area contributed by atoms with E-state index in [0.29, 0.717) is 6.42 Å². The summed E-state index contributed by atoms with van der Waals surface area (Å²) in [5.74, 6) is 0.444. The molecule has 1 aliphatic carbocycles. The molecule has 1 aliphatic rings. The molecule has 0 amide bonds. The molecule has 0 fully saturated rings. The smallest absolute Gasteiger partial charge is 0.162 e. The molecule has 0 saturated heterocycles. The molecule has 0 spiro atoms. The second-order valence-electron chi connectivity index (χ2n) is 10.3. The van der Waals surface area contributed by atoms with E-state index in [2.05, 4.69) is 13.8 Å². The molecular formula is C30H54O2. The summed E-state index contributed by atoms with van der Waals surface area (Å²) in [6.07, 6.45) is 30.0. The van der Waals surface area contributed by atoms with Crippen molar-refractivity contribution in [2.45, 2.75) is 162 Å². The number of hydrogen-bond acceptors (Lipinski definition) is 2. The number of carbonyl (C=O) groups is 2. The molecule has 1 atom stereocenters. The standard InChI is InChI=1S/C30H54O2/c1-3-5-7-9-11-13-15-17-19-21-23-27-25-29(31)26-28(30(27)32)24-22-20-18-16-14-12-10-8-6-4-2/h25,28H,3-24,26H2,1-2H3. The van der Waals surface area contributed by atoms with Gasteiger partial charge in [0.25, 0.3) is 0 Å². The van der Waals surface area contributed by atoms with E-state index in [-0.39, 0.29) is 17.5 Å². The number of Topliss-reactive ketones (excluding diaryl/α,β-unsaturated/α-hetero) is 1. The van der Waals surface area contributed by atoms with E-state index in [1.807, 2.05) is 0 Å². The quantitative estimate of drug-likeness (QED) is 0.155.